The summed E-state index contributed by atoms with van der Waals surface area (Å²) in [6.07, 6.45) is 0. The Morgan fingerprint density at radius 3 is 2.21 bits per heavy atom. The molecule has 0 unspecified atom stereocenters. The van der Waals surface area contributed by atoms with E-state index in [0.29, 0.717) is 5.52 Å². The minimum Gasteiger partial charge on any atom is -0.506 e. The van der Waals surface area contributed by atoms with Crippen LogP contribution in [0.25, 0.3) is 77.5 Å². The first-order valence-corrected chi connectivity index (χ1v) is 14.3. The number of para-hydroxylation sites is 4. The van der Waals surface area contributed by atoms with E-state index in [9.17, 15) is 5.11 Å². The van der Waals surface area contributed by atoms with Crippen molar-refractivity contribution in [2.75, 3.05) is 0 Å². The zero-order chi connectivity index (χ0) is 28.4. The van der Waals surface area contributed by atoms with E-state index < -0.39 is 0 Å². The molecule has 3 aromatic heterocycles. The van der Waals surface area contributed by atoms with Crippen LogP contribution in [0.15, 0.2) is 115 Å². The number of hydrogen-bond acceptors (Lipinski definition) is 3. The zero-order valence-corrected chi connectivity index (χ0v) is 23.3. The molecule has 0 aliphatic carbocycles. The quantitative estimate of drug-likeness (QED) is 0.232. The van der Waals surface area contributed by atoms with Crippen molar-refractivity contribution in [1.82, 2.24) is 19.5 Å². The number of benzene rings is 5. The Hall–Kier alpha value is -5.42. The van der Waals surface area contributed by atoms with Crippen molar-refractivity contribution >= 4 is 43.7 Å². The third-order valence-corrected chi connectivity index (χ3v) is 8.20. The molecule has 8 rings (SSSR count). The second kappa shape index (κ2) is 9.32. The average Bonchev–Trinajstić information content (AvgIpc) is 3.60. The van der Waals surface area contributed by atoms with E-state index in [4.69, 9.17) is 9.97 Å². The van der Waals surface area contributed by atoms with E-state index in [-0.39, 0.29) is 11.8 Å². The third kappa shape index (κ3) is 3.63. The maximum absolute atomic E-state index is 10.9. The molecule has 5 aromatic carbocycles. The number of imidazole rings is 1. The number of phenolic OH excluding ortho intramolecular Hbond substituents is 1. The molecule has 0 amide bonds. The fourth-order valence-corrected chi connectivity index (χ4v) is 6.32. The van der Waals surface area contributed by atoms with Gasteiger partial charge in [0.2, 0.25) is 0 Å². The number of fused-ring (bicyclic) bond motifs is 5. The Morgan fingerprint density at radius 1 is 0.643 bits per heavy atom. The van der Waals surface area contributed by atoms with Gasteiger partial charge in [0.25, 0.3) is 0 Å². The fourth-order valence-electron chi connectivity index (χ4n) is 6.32. The minimum absolute atomic E-state index is 0.164. The van der Waals surface area contributed by atoms with Crippen molar-refractivity contribution in [3.63, 3.8) is 0 Å². The molecule has 8 aromatic rings. The van der Waals surface area contributed by atoms with E-state index in [1.54, 1.807) is 6.07 Å². The lowest BCUT2D eigenvalue weighted by molar-refractivity contribution is 0.480. The first-order valence-electron chi connectivity index (χ1n) is 14.3. The predicted molar refractivity (Wildman–Crippen MR) is 173 cm³/mol. The molecule has 202 valence electrons. The van der Waals surface area contributed by atoms with E-state index in [1.165, 1.54) is 10.8 Å². The highest BCUT2D eigenvalue weighted by Crippen LogP contribution is 2.40. The summed E-state index contributed by atoms with van der Waals surface area (Å²) in [6, 6.07) is 39.3. The summed E-state index contributed by atoms with van der Waals surface area (Å²) in [4.78, 5) is 14.0. The van der Waals surface area contributed by atoms with Crippen LogP contribution in [-0.4, -0.2) is 24.6 Å². The van der Waals surface area contributed by atoms with Gasteiger partial charge >= 0.3 is 0 Å². The van der Waals surface area contributed by atoms with Crippen molar-refractivity contribution < 1.29 is 5.11 Å². The Labute approximate surface area is 242 Å². The molecule has 0 spiro atoms. The Bertz CT molecular complexity index is 2290. The first kappa shape index (κ1) is 24.4. The molecule has 0 fully saturated rings. The summed E-state index contributed by atoms with van der Waals surface area (Å²) in [5.41, 5.74) is 9.57. The van der Waals surface area contributed by atoms with Crippen molar-refractivity contribution in [3.05, 3.63) is 115 Å². The van der Waals surface area contributed by atoms with E-state index >= 15 is 0 Å². The van der Waals surface area contributed by atoms with Crippen LogP contribution in [0, 0.1) is 0 Å². The van der Waals surface area contributed by atoms with E-state index in [0.717, 1.165) is 61.2 Å². The molecule has 0 aliphatic heterocycles. The van der Waals surface area contributed by atoms with Gasteiger partial charge in [-0.05, 0) is 55.3 Å². The molecule has 3 heterocycles. The lowest BCUT2D eigenvalue weighted by Gasteiger charge is -2.14. The summed E-state index contributed by atoms with van der Waals surface area (Å²) >= 11 is 0. The Morgan fingerprint density at radius 2 is 1.36 bits per heavy atom. The lowest BCUT2D eigenvalue weighted by atomic mass is 9.97. The van der Waals surface area contributed by atoms with E-state index in [2.05, 4.69) is 102 Å². The number of phenols is 1. The van der Waals surface area contributed by atoms with Gasteiger partial charge in [-0.25, -0.2) is 9.97 Å². The van der Waals surface area contributed by atoms with Gasteiger partial charge in [-0.2, -0.15) is 0 Å². The summed E-state index contributed by atoms with van der Waals surface area (Å²) in [5.74, 6) is 1.08. The van der Waals surface area contributed by atoms with Crippen molar-refractivity contribution in [1.29, 1.82) is 0 Å². The van der Waals surface area contributed by atoms with Gasteiger partial charge < -0.3 is 14.7 Å². The van der Waals surface area contributed by atoms with Crippen LogP contribution >= 0.6 is 0 Å². The molecule has 0 radical (unpaired) electrons. The van der Waals surface area contributed by atoms with Crippen LogP contribution in [0.4, 0.5) is 0 Å². The SMILES string of the molecule is CC(C)n1c(-c2cccc3c2[nH]c2ccccc23)nc2c(-c3cc(-c4ccccc4)c4cccc(O)c4n3)cccc21. The van der Waals surface area contributed by atoms with Gasteiger partial charge in [0, 0.05) is 38.8 Å². The molecule has 0 aliphatic rings. The molecular weight excluding hydrogens is 516 g/mol. The number of aromatic amines is 1. The largest absolute Gasteiger partial charge is 0.506 e. The fraction of sp³-hybridized carbons (Fsp3) is 0.0811. The average molecular weight is 545 g/mol. The third-order valence-electron chi connectivity index (χ3n) is 8.20. The van der Waals surface area contributed by atoms with Crippen LogP contribution in [0.1, 0.15) is 19.9 Å². The standard InChI is InChI=1S/C37H28N4O/c1-22(2)41-32-19-9-16-27(31-21-29(23-11-4-3-5-12-23)26-15-10-20-33(42)36(26)39-31)35(32)40-37(41)28-17-8-14-25-24-13-6-7-18-30(24)38-34(25)28/h3-22,38,42H,1-2H3. The van der Waals surface area contributed by atoms with Gasteiger partial charge in [-0.3, -0.25) is 0 Å². The summed E-state index contributed by atoms with van der Waals surface area (Å²) in [6.45, 7) is 4.39. The number of rotatable bonds is 4. The van der Waals surface area contributed by atoms with Crippen LogP contribution < -0.4 is 0 Å². The second-order valence-electron chi connectivity index (χ2n) is 11.1. The lowest BCUT2D eigenvalue weighted by Crippen LogP contribution is -2.03. The number of aromatic hydroxyl groups is 1. The van der Waals surface area contributed by atoms with Crippen molar-refractivity contribution in [2.45, 2.75) is 19.9 Å². The van der Waals surface area contributed by atoms with Crippen LogP contribution in [0.2, 0.25) is 0 Å². The predicted octanol–water partition coefficient (Wildman–Crippen LogP) is 9.51. The van der Waals surface area contributed by atoms with Gasteiger partial charge in [0.05, 0.1) is 22.2 Å². The normalized spacial score (nSPS) is 11.9. The van der Waals surface area contributed by atoms with Crippen LogP contribution in [0.3, 0.4) is 0 Å². The van der Waals surface area contributed by atoms with Crippen LogP contribution in [0.5, 0.6) is 5.75 Å². The summed E-state index contributed by atoms with van der Waals surface area (Å²) < 4.78 is 2.32. The number of nitrogens with one attached hydrogen (secondary N) is 1. The van der Waals surface area contributed by atoms with Gasteiger partial charge in [0.15, 0.2) is 0 Å². The summed E-state index contributed by atoms with van der Waals surface area (Å²) in [5, 5.41) is 14.2. The summed E-state index contributed by atoms with van der Waals surface area (Å²) in [7, 11) is 0. The number of hydrogen-bond donors (Lipinski definition) is 2. The topological polar surface area (TPSA) is 66.7 Å². The van der Waals surface area contributed by atoms with Crippen molar-refractivity contribution in [3.8, 4) is 39.5 Å². The second-order valence-corrected chi connectivity index (χ2v) is 11.1. The Kier molecular flexibility index (Phi) is 5.41. The maximum Gasteiger partial charge on any atom is 0.143 e. The van der Waals surface area contributed by atoms with Gasteiger partial charge in [-0.15, -0.1) is 0 Å². The molecule has 2 N–H and O–H groups in total. The maximum atomic E-state index is 10.9. The number of H-pyrrole nitrogens is 1. The van der Waals surface area contributed by atoms with E-state index in [1.807, 2.05) is 30.3 Å². The molecule has 0 saturated carbocycles. The molecule has 0 saturated heterocycles. The highest BCUT2D eigenvalue weighted by Gasteiger charge is 2.22. The van der Waals surface area contributed by atoms with Crippen molar-refractivity contribution in [2.24, 2.45) is 0 Å². The molecule has 5 heteroatoms. The first-order chi connectivity index (χ1) is 20.6. The smallest absolute Gasteiger partial charge is 0.143 e. The minimum atomic E-state index is 0.164. The van der Waals surface area contributed by atoms with Crippen LogP contribution in [-0.2, 0) is 0 Å². The molecule has 5 nitrogen and oxygen atoms in total. The zero-order valence-electron chi connectivity index (χ0n) is 23.3. The number of aromatic nitrogens is 4. The monoisotopic (exact) mass is 544 g/mol. The Balaban J connectivity index is 1.42. The highest BCUT2D eigenvalue weighted by molar-refractivity contribution is 6.12. The number of pyridine rings is 1. The molecular formula is C37H28N4O. The highest BCUT2D eigenvalue weighted by atomic mass is 16.3. The molecule has 0 bridgehead atoms. The van der Waals surface area contributed by atoms with Gasteiger partial charge in [0.1, 0.15) is 17.1 Å². The molecule has 42 heavy (non-hydrogen) atoms. The number of nitrogens with zero attached hydrogens (tertiary/aromatic N) is 3. The molecule has 0 atom stereocenters. The van der Waals surface area contributed by atoms with Gasteiger partial charge in [-0.1, -0.05) is 84.9 Å².